The zero-order valence-electron chi connectivity index (χ0n) is 18.8. The second kappa shape index (κ2) is 9.69. The molecule has 6 nitrogen and oxygen atoms in total. The summed E-state index contributed by atoms with van der Waals surface area (Å²) in [6.07, 6.45) is 0.763. The van der Waals surface area contributed by atoms with Gasteiger partial charge in [-0.05, 0) is 49.6 Å². The van der Waals surface area contributed by atoms with Gasteiger partial charge in [-0.2, -0.15) is 0 Å². The minimum atomic E-state index is -0.725. The highest BCUT2D eigenvalue weighted by atomic mass is 16.2. The van der Waals surface area contributed by atoms with Crippen LogP contribution in [-0.4, -0.2) is 30.3 Å². The molecule has 0 aromatic heterocycles. The molecule has 168 valence electrons. The molecule has 1 unspecified atom stereocenters. The summed E-state index contributed by atoms with van der Waals surface area (Å²) in [5.41, 5.74) is 4.66. The molecule has 1 aliphatic rings. The Morgan fingerprint density at radius 3 is 2.45 bits per heavy atom. The van der Waals surface area contributed by atoms with Crippen LogP contribution in [0, 0.1) is 13.8 Å². The summed E-state index contributed by atoms with van der Waals surface area (Å²) in [7, 11) is 0. The van der Waals surface area contributed by atoms with Crippen LogP contribution < -0.4 is 15.5 Å². The largest absolute Gasteiger partial charge is 0.373 e. The Bertz CT molecular complexity index is 1190. The van der Waals surface area contributed by atoms with Crippen molar-refractivity contribution >= 4 is 29.1 Å². The molecule has 0 radical (unpaired) electrons. The molecule has 33 heavy (non-hydrogen) atoms. The second-order valence-corrected chi connectivity index (χ2v) is 8.30. The van der Waals surface area contributed by atoms with E-state index in [1.807, 2.05) is 56.3 Å². The van der Waals surface area contributed by atoms with Crippen molar-refractivity contribution in [1.29, 1.82) is 0 Å². The van der Waals surface area contributed by atoms with E-state index in [2.05, 4.69) is 10.6 Å². The van der Waals surface area contributed by atoms with Crippen molar-refractivity contribution in [3.8, 4) is 0 Å². The summed E-state index contributed by atoms with van der Waals surface area (Å²) in [5, 5.41) is 6.08. The van der Waals surface area contributed by atoms with Gasteiger partial charge >= 0.3 is 0 Å². The average molecular weight is 442 g/mol. The SMILES string of the molecule is Cc1ccc(N2C(=O)CC(Nc3ccccc3C(=O)NCCc3ccccc3)C2=O)c(C)c1. The number of benzene rings is 3. The Morgan fingerprint density at radius 2 is 1.70 bits per heavy atom. The second-order valence-electron chi connectivity index (χ2n) is 8.30. The first-order chi connectivity index (χ1) is 15.9. The van der Waals surface area contributed by atoms with Gasteiger partial charge in [0.25, 0.3) is 11.8 Å². The van der Waals surface area contributed by atoms with Crippen LogP contribution in [0.1, 0.15) is 33.5 Å². The molecule has 1 saturated heterocycles. The predicted octanol–water partition coefficient (Wildman–Crippen LogP) is 4.02. The van der Waals surface area contributed by atoms with Crippen LogP contribution in [0.3, 0.4) is 0 Å². The lowest BCUT2D eigenvalue weighted by Gasteiger charge is -2.19. The number of carbonyl (C=O) groups is 3. The predicted molar refractivity (Wildman–Crippen MR) is 129 cm³/mol. The highest BCUT2D eigenvalue weighted by Crippen LogP contribution is 2.29. The molecule has 1 atom stereocenters. The van der Waals surface area contributed by atoms with Crippen LogP contribution in [0.15, 0.2) is 72.8 Å². The Kier molecular flexibility index (Phi) is 6.54. The molecule has 0 aliphatic carbocycles. The number of para-hydroxylation sites is 1. The molecular formula is C27H27N3O3. The zero-order valence-corrected chi connectivity index (χ0v) is 18.8. The van der Waals surface area contributed by atoms with Gasteiger partial charge in [-0.3, -0.25) is 14.4 Å². The van der Waals surface area contributed by atoms with Crippen LogP contribution in [0.2, 0.25) is 0 Å². The normalized spacial score (nSPS) is 15.6. The highest BCUT2D eigenvalue weighted by molar-refractivity contribution is 6.23. The van der Waals surface area contributed by atoms with Crippen LogP contribution in [0.4, 0.5) is 11.4 Å². The van der Waals surface area contributed by atoms with Crippen LogP contribution in [0.25, 0.3) is 0 Å². The van der Waals surface area contributed by atoms with E-state index >= 15 is 0 Å². The van der Waals surface area contributed by atoms with Crippen molar-refractivity contribution in [2.24, 2.45) is 0 Å². The number of amides is 3. The summed E-state index contributed by atoms with van der Waals surface area (Å²) >= 11 is 0. The number of hydrogen-bond donors (Lipinski definition) is 2. The fraction of sp³-hybridized carbons (Fsp3) is 0.222. The van der Waals surface area contributed by atoms with E-state index in [0.29, 0.717) is 23.5 Å². The van der Waals surface area contributed by atoms with E-state index in [4.69, 9.17) is 0 Å². The lowest BCUT2D eigenvalue weighted by molar-refractivity contribution is -0.121. The first-order valence-electron chi connectivity index (χ1n) is 11.1. The minimum absolute atomic E-state index is 0.0378. The Morgan fingerprint density at radius 1 is 0.970 bits per heavy atom. The molecular weight excluding hydrogens is 414 g/mol. The van der Waals surface area contributed by atoms with Gasteiger partial charge < -0.3 is 10.6 Å². The zero-order chi connectivity index (χ0) is 23.4. The fourth-order valence-corrected chi connectivity index (χ4v) is 4.11. The molecule has 3 amide bonds. The van der Waals surface area contributed by atoms with E-state index in [-0.39, 0.29) is 24.1 Å². The van der Waals surface area contributed by atoms with Gasteiger partial charge in [-0.25, -0.2) is 4.90 Å². The third kappa shape index (κ3) is 4.95. The quantitative estimate of drug-likeness (QED) is 0.543. The highest BCUT2D eigenvalue weighted by Gasteiger charge is 2.40. The van der Waals surface area contributed by atoms with E-state index in [1.165, 1.54) is 4.90 Å². The van der Waals surface area contributed by atoms with E-state index < -0.39 is 6.04 Å². The van der Waals surface area contributed by atoms with Crippen molar-refractivity contribution in [3.63, 3.8) is 0 Å². The van der Waals surface area contributed by atoms with Gasteiger partial charge in [0.2, 0.25) is 5.91 Å². The van der Waals surface area contributed by atoms with Crippen molar-refractivity contribution in [1.82, 2.24) is 5.32 Å². The van der Waals surface area contributed by atoms with Crippen LogP contribution in [-0.2, 0) is 16.0 Å². The van der Waals surface area contributed by atoms with Gasteiger partial charge in [-0.15, -0.1) is 0 Å². The average Bonchev–Trinajstić information content (AvgIpc) is 3.08. The maximum Gasteiger partial charge on any atom is 0.256 e. The monoisotopic (exact) mass is 441 g/mol. The lowest BCUT2D eigenvalue weighted by atomic mass is 10.1. The third-order valence-corrected chi connectivity index (χ3v) is 5.78. The molecule has 1 heterocycles. The van der Waals surface area contributed by atoms with Gasteiger partial charge in [0, 0.05) is 12.2 Å². The van der Waals surface area contributed by atoms with Gasteiger partial charge in [-0.1, -0.05) is 60.2 Å². The molecule has 3 aromatic rings. The smallest absolute Gasteiger partial charge is 0.256 e. The standard InChI is InChI=1S/C27H27N3O3/c1-18-12-13-24(19(2)16-18)30-25(31)17-23(27(30)33)29-22-11-7-6-10-21(22)26(32)28-15-14-20-8-4-3-5-9-20/h3-13,16,23,29H,14-15,17H2,1-2H3,(H,28,32). The van der Waals surface area contributed by atoms with Crippen molar-refractivity contribution in [3.05, 3.63) is 95.1 Å². The lowest BCUT2D eigenvalue weighted by Crippen LogP contribution is -2.35. The topological polar surface area (TPSA) is 78.5 Å². The van der Waals surface area contributed by atoms with Gasteiger partial charge in [0.05, 0.1) is 17.7 Å². The summed E-state index contributed by atoms with van der Waals surface area (Å²) in [6.45, 7) is 4.35. The maximum atomic E-state index is 13.1. The van der Waals surface area contributed by atoms with Crippen LogP contribution in [0.5, 0.6) is 0 Å². The molecule has 1 fully saturated rings. The molecule has 0 bridgehead atoms. The molecule has 6 heteroatoms. The number of imide groups is 1. The number of nitrogens with one attached hydrogen (secondary N) is 2. The molecule has 0 spiro atoms. The van der Waals surface area contributed by atoms with Crippen molar-refractivity contribution in [2.45, 2.75) is 32.7 Å². The third-order valence-electron chi connectivity index (χ3n) is 5.78. The van der Waals surface area contributed by atoms with E-state index in [9.17, 15) is 14.4 Å². The number of hydrogen-bond acceptors (Lipinski definition) is 4. The van der Waals surface area contributed by atoms with E-state index in [1.54, 1.807) is 30.3 Å². The van der Waals surface area contributed by atoms with Crippen molar-refractivity contribution < 1.29 is 14.4 Å². The maximum absolute atomic E-state index is 13.1. The molecule has 0 saturated carbocycles. The molecule has 3 aromatic carbocycles. The van der Waals surface area contributed by atoms with Gasteiger partial charge in [0.1, 0.15) is 6.04 Å². The fourth-order valence-electron chi connectivity index (χ4n) is 4.11. The Balaban J connectivity index is 1.45. The summed E-state index contributed by atoms with van der Waals surface area (Å²) in [5.74, 6) is -0.794. The summed E-state index contributed by atoms with van der Waals surface area (Å²) in [4.78, 5) is 39.9. The first kappa shape index (κ1) is 22.3. The molecule has 1 aliphatic heterocycles. The first-order valence-corrected chi connectivity index (χ1v) is 11.1. The van der Waals surface area contributed by atoms with Gasteiger partial charge in [0.15, 0.2) is 0 Å². The van der Waals surface area contributed by atoms with Crippen molar-refractivity contribution in [2.75, 3.05) is 16.8 Å². The number of carbonyl (C=O) groups excluding carboxylic acids is 3. The Hall–Kier alpha value is -3.93. The number of anilines is 2. The number of rotatable bonds is 7. The Labute approximate surface area is 193 Å². The summed E-state index contributed by atoms with van der Waals surface area (Å²) in [6, 6.07) is 21.9. The number of aryl methyl sites for hydroxylation is 2. The number of nitrogens with zero attached hydrogens (tertiary/aromatic N) is 1. The van der Waals surface area contributed by atoms with Crippen LogP contribution >= 0.6 is 0 Å². The molecule has 2 N–H and O–H groups in total. The summed E-state index contributed by atoms with van der Waals surface area (Å²) < 4.78 is 0. The van der Waals surface area contributed by atoms with E-state index in [0.717, 1.165) is 23.1 Å². The molecule has 4 rings (SSSR count). The minimum Gasteiger partial charge on any atom is -0.373 e.